The number of fused-ring (bicyclic) bond motifs is 2. The highest BCUT2D eigenvalue weighted by molar-refractivity contribution is 9.11. The molecule has 2 saturated heterocycles. The molecule has 0 saturated carbocycles. The highest BCUT2D eigenvalue weighted by atomic mass is 79.9. The number of anilines is 2. The maximum absolute atomic E-state index is 11.5. The van der Waals surface area contributed by atoms with Gasteiger partial charge in [-0.2, -0.15) is 0 Å². The number of ether oxygens (including phenoxy) is 2. The van der Waals surface area contributed by atoms with Crippen molar-refractivity contribution in [2.75, 3.05) is 25.7 Å². The molecule has 0 aromatic carbocycles. The molecule has 14 nitrogen and oxygen atoms in total. The number of rotatable bonds is 6. The first-order chi connectivity index (χ1) is 27.9. The van der Waals surface area contributed by atoms with Gasteiger partial charge in [0.15, 0.2) is 10.1 Å². The predicted octanol–water partition coefficient (Wildman–Crippen LogP) is 10.5. The van der Waals surface area contributed by atoms with Crippen LogP contribution in [0.4, 0.5) is 11.6 Å². The van der Waals surface area contributed by atoms with Crippen LogP contribution in [0.2, 0.25) is 0 Å². The molecule has 0 unspecified atom stereocenters. The topological polar surface area (TPSA) is 219 Å². The van der Waals surface area contributed by atoms with Gasteiger partial charge in [-0.15, -0.1) is 45.3 Å². The van der Waals surface area contributed by atoms with Crippen molar-refractivity contribution in [2.45, 2.75) is 92.6 Å². The zero-order valence-electron chi connectivity index (χ0n) is 34.6. The molecular weight excluding hydrogens is 1000 g/mol. The van der Waals surface area contributed by atoms with Crippen molar-refractivity contribution >= 4 is 135 Å². The highest BCUT2D eigenvalue weighted by Gasteiger charge is 2.63. The van der Waals surface area contributed by atoms with E-state index in [0.29, 0.717) is 22.8 Å². The Kier molecular flexibility index (Phi) is 17.7. The number of amides is 2. The fourth-order valence-electron chi connectivity index (χ4n) is 5.60. The van der Waals surface area contributed by atoms with Crippen LogP contribution in [0.5, 0.6) is 10.1 Å². The summed E-state index contributed by atoms with van der Waals surface area (Å²) in [4.78, 5) is 31.4. The standard InChI is InChI=1S/C13H11N3O2S2.C12H24B2O4.C8H6BrN3OS.C5H5BrOS.2CH4/c1-18-13-6(2-3-19-13)9-4-7-10(20-9)8(12(15)17)5-16-11(7)14;1-9(2)10(3,4)16-13(15-9)14-17-11(5,6)12(7,8)18-14;9-5-1-3-6(14-5)4(8(11)13)2-12-7(3)10;1-7-5-4(6)2-3-8-5;;/h2-5H,1H3,(H2,14,16)(H2,15,17);1-8H3;1-2H,(H2,10,12)(H2,11,13);2-3H,1H3;2*1H4. The van der Waals surface area contributed by atoms with Crippen molar-refractivity contribution in [3.05, 3.63) is 66.8 Å². The van der Waals surface area contributed by atoms with Crippen molar-refractivity contribution in [3.63, 3.8) is 0 Å². The van der Waals surface area contributed by atoms with E-state index in [9.17, 15) is 9.59 Å². The SMILES string of the molecule is C.C.CC1(C)OB(B2OC(C)(C)C(C)(C)O2)OC1(C)C.COc1sccc1-c1cc2c(N)ncc(C(N)=O)c2s1.COc1sccc1Br.NC(=O)c1cnc(N)c2cc(Br)sc12. The molecule has 2 aliphatic rings. The summed E-state index contributed by atoms with van der Waals surface area (Å²) >= 11 is 12.6. The number of aromatic nitrogens is 2. The fourth-order valence-corrected chi connectivity index (χ4v) is 10.6. The Balaban J connectivity index is 0.000000227. The maximum Gasteiger partial charge on any atom is 0.488 e. The molecule has 2 amide bonds. The third kappa shape index (κ3) is 11.3. The lowest BCUT2D eigenvalue weighted by Crippen LogP contribution is -2.41. The fraction of sp³-hybridized carbons (Fsp3) is 0.400. The number of carbonyl (C=O) groups is 2. The van der Waals surface area contributed by atoms with E-state index in [2.05, 4.69) is 41.8 Å². The first-order valence-corrected chi connectivity index (χ1v) is 23.1. The number of hydrogen-bond donors (Lipinski definition) is 4. The minimum Gasteiger partial charge on any atom is -0.487 e. The molecular formula is C40H54B2Br2N6O8S4. The predicted molar refractivity (Wildman–Crippen MR) is 267 cm³/mol. The number of methoxy groups -OCH3 is 2. The Morgan fingerprint density at radius 2 is 1.06 bits per heavy atom. The largest absolute Gasteiger partial charge is 0.488 e. The molecule has 62 heavy (non-hydrogen) atoms. The summed E-state index contributed by atoms with van der Waals surface area (Å²) in [6.45, 7) is 16.2. The molecule has 0 spiro atoms. The minimum atomic E-state index is -0.506. The molecule has 22 heteroatoms. The first-order valence-electron chi connectivity index (χ1n) is 18.1. The monoisotopic (exact) mass is 1050 g/mol. The van der Waals surface area contributed by atoms with Gasteiger partial charge >= 0.3 is 14.0 Å². The number of primary amides is 2. The van der Waals surface area contributed by atoms with E-state index in [1.165, 1.54) is 46.4 Å². The third-order valence-corrected chi connectivity index (χ3v) is 15.8. The second-order valence-corrected chi connectivity index (χ2v) is 21.4. The van der Waals surface area contributed by atoms with Crippen LogP contribution in [0, 0.1) is 0 Å². The zero-order valence-corrected chi connectivity index (χ0v) is 41.1. The molecule has 2 fully saturated rings. The second-order valence-electron chi connectivity index (χ2n) is 15.3. The number of pyridine rings is 2. The van der Waals surface area contributed by atoms with Gasteiger partial charge in [-0.05, 0) is 122 Å². The molecule has 2 aliphatic heterocycles. The van der Waals surface area contributed by atoms with Crippen molar-refractivity contribution in [1.82, 2.24) is 9.97 Å². The Bertz CT molecular complexity index is 2440. The summed E-state index contributed by atoms with van der Waals surface area (Å²) in [7, 11) is 2.34. The van der Waals surface area contributed by atoms with Gasteiger partial charge in [0.05, 0.1) is 65.4 Å². The van der Waals surface area contributed by atoms with Crippen molar-refractivity contribution < 1.29 is 37.7 Å². The van der Waals surface area contributed by atoms with Crippen LogP contribution >= 0.6 is 77.2 Å². The van der Waals surface area contributed by atoms with Gasteiger partial charge in [0.2, 0.25) is 0 Å². The highest BCUT2D eigenvalue weighted by Crippen LogP contribution is 2.44. The van der Waals surface area contributed by atoms with Crippen molar-refractivity contribution in [2.24, 2.45) is 11.5 Å². The minimum absolute atomic E-state index is 0. The molecule has 0 atom stereocenters. The quantitative estimate of drug-likeness (QED) is 0.115. The van der Waals surface area contributed by atoms with Crippen LogP contribution in [-0.4, -0.2) is 72.4 Å². The van der Waals surface area contributed by atoms with Crippen LogP contribution in [-0.2, 0) is 18.6 Å². The Hall–Kier alpha value is -3.31. The summed E-state index contributed by atoms with van der Waals surface area (Å²) < 4.78 is 37.6. The normalized spacial score (nSPS) is 16.4. The summed E-state index contributed by atoms with van der Waals surface area (Å²) in [5, 5.41) is 7.19. The number of halogens is 2. The average Bonchev–Trinajstić information content (AvgIpc) is 4.00. The van der Waals surface area contributed by atoms with Crippen LogP contribution in [0.25, 0.3) is 30.6 Å². The van der Waals surface area contributed by atoms with E-state index >= 15 is 0 Å². The zero-order chi connectivity index (χ0) is 44.5. The van der Waals surface area contributed by atoms with Crippen LogP contribution < -0.4 is 32.4 Å². The lowest BCUT2D eigenvalue weighted by Gasteiger charge is -2.32. The molecule has 6 aromatic rings. The number of nitrogen functional groups attached to an aromatic ring is 2. The van der Waals surface area contributed by atoms with E-state index in [1.54, 1.807) is 25.6 Å². The molecule has 6 aromatic heterocycles. The molecule has 8 N–H and O–H groups in total. The van der Waals surface area contributed by atoms with Gasteiger partial charge in [-0.3, -0.25) is 9.59 Å². The van der Waals surface area contributed by atoms with Gasteiger partial charge in [0.25, 0.3) is 11.8 Å². The number of thiophene rings is 4. The lowest BCUT2D eigenvalue weighted by molar-refractivity contribution is 0.00578. The summed E-state index contributed by atoms with van der Waals surface area (Å²) in [6, 6.07) is 7.68. The molecule has 0 bridgehead atoms. The van der Waals surface area contributed by atoms with Crippen LogP contribution in [0.3, 0.4) is 0 Å². The number of nitrogens with zero attached hydrogens (tertiary/aromatic N) is 2. The van der Waals surface area contributed by atoms with Crippen molar-refractivity contribution in [3.8, 4) is 20.6 Å². The van der Waals surface area contributed by atoms with E-state index in [4.69, 9.17) is 51.0 Å². The molecule has 8 rings (SSSR count). The molecule has 336 valence electrons. The van der Waals surface area contributed by atoms with Crippen molar-refractivity contribution in [1.29, 1.82) is 0 Å². The van der Waals surface area contributed by atoms with Gasteiger partial charge in [-0.25, -0.2) is 9.97 Å². The number of nitrogens with two attached hydrogens (primary N) is 4. The number of carbonyl (C=O) groups excluding carboxylic acids is 2. The maximum atomic E-state index is 11.5. The summed E-state index contributed by atoms with van der Waals surface area (Å²) in [5.41, 5.74) is 22.5. The molecule has 8 heterocycles. The van der Waals surface area contributed by atoms with E-state index in [1.807, 2.05) is 90.4 Å². The van der Waals surface area contributed by atoms with E-state index in [-0.39, 0.29) is 37.3 Å². The lowest BCUT2D eigenvalue weighted by atomic mass is 9.49. The Labute approximate surface area is 396 Å². The third-order valence-electron chi connectivity index (χ3n) is 10.3. The summed E-state index contributed by atoms with van der Waals surface area (Å²) in [6.07, 6.45) is 2.83. The van der Waals surface area contributed by atoms with Crippen LogP contribution in [0.15, 0.2) is 55.7 Å². The van der Waals surface area contributed by atoms with Gasteiger partial charge in [-0.1, -0.05) is 14.9 Å². The van der Waals surface area contributed by atoms with E-state index < -0.39 is 25.8 Å². The first kappa shape index (κ1) is 53.0. The van der Waals surface area contributed by atoms with Gasteiger partial charge < -0.3 is 51.0 Å². The number of hydrogen-bond acceptors (Lipinski definition) is 16. The van der Waals surface area contributed by atoms with Crippen LogP contribution in [0.1, 0.15) is 91.0 Å². The smallest absolute Gasteiger partial charge is 0.487 e. The molecule has 0 aliphatic carbocycles. The summed E-state index contributed by atoms with van der Waals surface area (Å²) in [5.74, 6) is -0.196. The van der Waals surface area contributed by atoms with Gasteiger partial charge in [0.1, 0.15) is 11.6 Å². The Morgan fingerprint density at radius 3 is 1.45 bits per heavy atom. The molecule has 0 radical (unpaired) electrons. The van der Waals surface area contributed by atoms with E-state index in [0.717, 1.165) is 49.0 Å². The van der Waals surface area contributed by atoms with Gasteiger partial charge in [0, 0.05) is 33.6 Å². The average molecular weight is 1060 g/mol. The second kappa shape index (κ2) is 20.7. The Morgan fingerprint density at radius 1 is 0.661 bits per heavy atom.